The fourth-order valence-electron chi connectivity index (χ4n) is 4.19. The Bertz CT molecular complexity index is 947. The number of nitrogens with one attached hydrogen (secondary N) is 1. The number of ether oxygens (including phenoxy) is 2. The van der Waals surface area contributed by atoms with Crippen molar-refractivity contribution in [3.8, 4) is 11.1 Å². The van der Waals surface area contributed by atoms with Gasteiger partial charge in [0.25, 0.3) is 5.91 Å². The zero-order valence-electron chi connectivity index (χ0n) is 20.0. The number of anilines is 1. The first kappa shape index (κ1) is 25.5. The summed E-state index contributed by atoms with van der Waals surface area (Å²) in [5.74, 6) is -1.41. The van der Waals surface area contributed by atoms with Crippen LogP contribution in [0.2, 0.25) is 0 Å². The lowest BCUT2D eigenvalue weighted by Crippen LogP contribution is -2.51. The van der Waals surface area contributed by atoms with E-state index in [1.54, 1.807) is 38.1 Å². The second-order valence-electron chi connectivity index (χ2n) is 7.95. The van der Waals surface area contributed by atoms with Gasteiger partial charge in [0.05, 0.1) is 43.1 Å². The minimum absolute atomic E-state index is 0.0293. The van der Waals surface area contributed by atoms with E-state index in [-0.39, 0.29) is 48.5 Å². The van der Waals surface area contributed by atoms with Gasteiger partial charge in [-0.2, -0.15) is 0 Å². The minimum atomic E-state index is -0.615. The van der Waals surface area contributed by atoms with Crippen LogP contribution in [0, 0.1) is 0 Å². The lowest BCUT2D eigenvalue weighted by molar-refractivity contribution is -0.204. The van der Waals surface area contributed by atoms with Crippen LogP contribution in [0.25, 0.3) is 11.1 Å². The molecule has 9 heteroatoms. The van der Waals surface area contributed by atoms with Gasteiger partial charge in [-0.1, -0.05) is 24.3 Å². The highest BCUT2D eigenvalue weighted by Gasteiger charge is 2.31. The molecule has 3 aliphatic rings. The Balaban J connectivity index is 1.97. The molecule has 1 saturated heterocycles. The average Bonchev–Trinajstić information content (AvgIpc) is 2.96. The molecule has 0 aromatic heterocycles. The van der Waals surface area contributed by atoms with Crippen LogP contribution in [0.5, 0.6) is 0 Å². The third kappa shape index (κ3) is 5.48. The number of nitrogens with zero attached hydrogens (tertiary/aromatic N) is 1. The van der Waals surface area contributed by atoms with Crippen LogP contribution in [0.1, 0.15) is 66.3 Å². The van der Waals surface area contributed by atoms with E-state index in [0.29, 0.717) is 23.3 Å². The number of piperidine rings is 1. The van der Waals surface area contributed by atoms with E-state index < -0.39 is 11.9 Å². The highest BCUT2D eigenvalue weighted by Crippen LogP contribution is 2.39. The number of hydrogen-bond acceptors (Lipinski definition) is 8. The van der Waals surface area contributed by atoms with Crippen molar-refractivity contribution in [1.82, 2.24) is 10.4 Å². The monoisotopic (exact) mass is 471 g/mol. The Morgan fingerprint density at radius 3 is 2.00 bits per heavy atom. The molecule has 1 atom stereocenters. The normalized spacial score (nSPS) is 15.7. The van der Waals surface area contributed by atoms with Crippen LogP contribution in [0.3, 0.4) is 0 Å². The quantitative estimate of drug-likeness (QED) is 0.423. The van der Waals surface area contributed by atoms with Gasteiger partial charge in [-0.25, -0.2) is 14.7 Å². The summed E-state index contributed by atoms with van der Waals surface area (Å²) in [4.78, 5) is 44.0. The number of hydroxylamine groups is 2. The van der Waals surface area contributed by atoms with Crippen LogP contribution in [0.15, 0.2) is 24.3 Å². The van der Waals surface area contributed by atoms with Crippen molar-refractivity contribution in [3.63, 3.8) is 0 Å². The predicted octanol–water partition coefficient (Wildman–Crippen LogP) is 3.15. The van der Waals surface area contributed by atoms with Crippen molar-refractivity contribution in [2.45, 2.75) is 52.6 Å². The van der Waals surface area contributed by atoms with Crippen molar-refractivity contribution in [3.05, 3.63) is 41.0 Å². The number of nitrogens with two attached hydrogens (primary N) is 1. The second kappa shape index (κ2) is 11.8. The fourth-order valence-corrected chi connectivity index (χ4v) is 4.19. The largest absolute Gasteiger partial charge is 0.462 e. The van der Waals surface area contributed by atoms with Crippen LogP contribution < -0.4 is 11.1 Å². The predicted molar refractivity (Wildman–Crippen MR) is 127 cm³/mol. The van der Waals surface area contributed by atoms with E-state index in [1.807, 2.05) is 6.92 Å². The van der Waals surface area contributed by atoms with Crippen molar-refractivity contribution < 1.29 is 28.7 Å². The number of carbonyl (C=O) groups excluding carboxylic acids is 3. The number of nitrogen functional groups attached to an aromatic ring is 1. The molecular weight excluding hydrogens is 438 g/mol. The highest BCUT2D eigenvalue weighted by molar-refractivity contribution is 6.15. The summed E-state index contributed by atoms with van der Waals surface area (Å²) in [6, 6.07) is 6.87. The van der Waals surface area contributed by atoms with Gasteiger partial charge in [-0.15, -0.1) is 0 Å². The lowest BCUT2D eigenvalue weighted by Gasteiger charge is -2.33. The molecule has 3 N–H and O–H groups in total. The molecule has 1 amide bonds. The second-order valence-corrected chi connectivity index (χ2v) is 7.95. The van der Waals surface area contributed by atoms with Gasteiger partial charge >= 0.3 is 11.9 Å². The molecule has 9 nitrogen and oxygen atoms in total. The average molecular weight is 472 g/mol. The first-order chi connectivity index (χ1) is 16.4. The van der Waals surface area contributed by atoms with Gasteiger partial charge in [0, 0.05) is 0 Å². The molecule has 0 aromatic carbocycles. The van der Waals surface area contributed by atoms with Gasteiger partial charge in [0.2, 0.25) is 0 Å². The molecule has 1 fully saturated rings. The lowest BCUT2D eigenvalue weighted by atomic mass is 10.1. The SMILES string of the molecule is CCOC(=O)c1c2ccc(CC(=O)N(OCC)C3CCCCN3)ccc-2c(C(=O)OCC)c1N. The van der Waals surface area contributed by atoms with Gasteiger partial charge in [-0.3, -0.25) is 14.9 Å². The summed E-state index contributed by atoms with van der Waals surface area (Å²) in [7, 11) is 0. The number of amides is 1. The molecule has 2 aliphatic carbocycles. The minimum Gasteiger partial charge on any atom is -0.462 e. The molecule has 0 saturated carbocycles. The molecule has 1 aliphatic heterocycles. The topological polar surface area (TPSA) is 120 Å². The smallest absolute Gasteiger partial charge is 0.340 e. The summed E-state index contributed by atoms with van der Waals surface area (Å²) in [5.41, 5.74) is 8.11. The number of carbonyl (C=O) groups is 3. The Labute approximate surface area is 199 Å². The van der Waals surface area contributed by atoms with Crippen LogP contribution in [-0.4, -0.2) is 55.4 Å². The maximum Gasteiger partial charge on any atom is 0.340 e. The maximum absolute atomic E-state index is 13.1. The Kier molecular flexibility index (Phi) is 8.84. The third-order valence-electron chi connectivity index (χ3n) is 5.69. The molecule has 0 aromatic rings. The molecule has 0 bridgehead atoms. The molecule has 1 heterocycles. The summed E-state index contributed by atoms with van der Waals surface area (Å²) >= 11 is 0. The van der Waals surface area contributed by atoms with E-state index in [1.165, 1.54) is 5.06 Å². The fraction of sp³-hybridized carbons (Fsp3) is 0.480. The Morgan fingerprint density at radius 2 is 1.53 bits per heavy atom. The molecule has 3 rings (SSSR count). The van der Waals surface area contributed by atoms with Gasteiger partial charge in [0.1, 0.15) is 6.17 Å². The molecule has 0 spiro atoms. The molecule has 34 heavy (non-hydrogen) atoms. The van der Waals surface area contributed by atoms with Gasteiger partial charge < -0.3 is 15.2 Å². The Morgan fingerprint density at radius 1 is 0.941 bits per heavy atom. The zero-order valence-corrected chi connectivity index (χ0v) is 20.0. The van der Waals surface area contributed by atoms with Crippen molar-refractivity contribution in [1.29, 1.82) is 0 Å². The van der Waals surface area contributed by atoms with Gasteiger partial charge in [-0.05, 0) is 63.3 Å². The molecule has 1 unspecified atom stereocenters. The number of hydrogen-bond donors (Lipinski definition) is 2. The maximum atomic E-state index is 13.1. The number of esters is 2. The first-order valence-corrected chi connectivity index (χ1v) is 11.8. The van der Waals surface area contributed by atoms with Crippen LogP contribution >= 0.6 is 0 Å². The van der Waals surface area contributed by atoms with E-state index in [0.717, 1.165) is 25.8 Å². The molecule has 0 radical (unpaired) electrons. The molecule has 184 valence electrons. The van der Waals surface area contributed by atoms with Crippen molar-refractivity contribution in [2.75, 3.05) is 32.1 Å². The third-order valence-corrected chi connectivity index (χ3v) is 5.69. The van der Waals surface area contributed by atoms with E-state index in [9.17, 15) is 14.4 Å². The summed E-state index contributed by atoms with van der Waals surface area (Å²) < 4.78 is 10.3. The van der Waals surface area contributed by atoms with Crippen LogP contribution in [0.4, 0.5) is 5.69 Å². The highest BCUT2D eigenvalue weighted by atomic mass is 16.7. The number of fused-ring (bicyclic) bond motifs is 1. The van der Waals surface area contributed by atoms with E-state index >= 15 is 0 Å². The Hall–Kier alpha value is -3.17. The number of rotatable bonds is 9. The van der Waals surface area contributed by atoms with Gasteiger partial charge in [0.15, 0.2) is 0 Å². The summed E-state index contributed by atoms with van der Waals surface area (Å²) in [6.45, 7) is 6.79. The van der Waals surface area contributed by atoms with Crippen LogP contribution in [-0.2, 0) is 25.5 Å². The first-order valence-electron chi connectivity index (χ1n) is 11.8. The molecular formula is C25H33N3O6. The standard InChI is InChI=1S/C25H33N3O6/c1-4-32-24(30)21-17-12-10-16(11-13-18(17)22(23(21)26)25(31)33-5-2)15-20(29)28(34-6-3)19-9-7-8-14-27-19/h10-13,19,27H,4-9,14-15,26H2,1-3H3. The summed E-state index contributed by atoms with van der Waals surface area (Å²) in [5, 5.41) is 4.76. The van der Waals surface area contributed by atoms with E-state index in [4.69, 9.17) is 20.0 Å². The van der Waals surface area contributed by atoms with Crippen molar-refractivity contribution in [2.24, 2.45) is 0 Å². The van der Waals surface area contributed by atoms with E-state index in [2.05, 4.69) is 5.32 Å². The zero-order chi connectivity index (χ0) is 24.7. The summed E-state index contributed by atoms with van der Waals surface area (Å²) in [6.07, 6.45) is 2.86. The van der Waals surface area contributed by atoms with Crippen molar-refractivity contribution >= 4 is 23.5 Å².